The summed E-state index contributed by atoms with van der Waals surface area (Å²) in [5.74, 6) is -0.639. The predicted molar refractivity (Wildman–Crippen MR) is 114 cm³/mol. The van der Waals surface area contributed by atoms with Gasteiger partial charge in [0.1, 0.15) is 11.6 Å². The zero-order valence-electron chi connectivity index (χ0n) is 16.2. The first-order chi connectivity index (χ1) is 13.8. The third kappa shape index (κ3) is 4.49. The molecule has 2 aromatic heterocycles. The molecule has 0 aliphatic carbocycles. The minimum atomic E-state index is -0.639. The van der Waals surface area contributed by atoms with Crippen LogP contribution in [0.3, 0.4) is 0 Å². The number of rotatable bonds is 6. The van der Waals surface area contributed by atoms with Crippen LogP contribution in [-0.4, -0.2) is 26.7 Å². The predicted octanol–water partition coefficient (Wildman–Crippen LogP) is 3.60. The topological polar surface area (TPSA) is 83.2 Å². The number of thiazole rings is 1. The van der Waals surface area contributed by atoms with Crippen molar-refractivity contribution in [1.82, 2.24) is 14.1 Å². The first kappa shape index (κ1) is 21.0. The molecule has 0 amide bonds. The Morgan fingerprint density at radius 3 is 2.55 bits per heavy atom. The molecule has 0 unspecified atom stereocenters. The van der Waals surface area contributed by atoms with E-state index in [-0.39, 0.29) is 18.2 Å². The minimum absolute atomic E-state index is 0.169. The molecular weight excluding hydrogens is 414 g/mol. The zero-order chi connectivity index (χ0) is 21.1. The molecule has 0 saturated carbocycles. The van der Waals surface area contributed by atoms with Crippen molar-refractivity contribution in [2.75, 3.05) is 6.61 Å². The first-order valence-electron chi connectivity index (χ1n) is 9.05. The Balaban J connectivity index is 2.11. The molecule has 1 aromatic carbocycles. The highest BCUT2D eigenvalue weighted by atomic mass is 35.5. The second-order valence-electron chi connectivity index (χ2n) is 6.57. The fourth-order valence-corrected chi connectivity index (χ4v) is 3.72. The van der Waals surface area contributed by atoms with Crippen LogP contribution in [0.4, 0.5) is 0 Å². The Bertz CT molecular complexity index is 1150. The summed E-state index contributed by atoms with van der Waals surface area (Å²) in [5.41, 5.74) is 0.683. The molecule has 3 rings (SSSR count). The van der Waals surface area contributed by atoms with Gasteiger partial charge in [0.25, 0.3) is 5.56 Å². The van der Waals surface area contributed by atoms with E-state index in [0.717, 1.165) is 10.1 Å². The van der Waals surface area contributed by atoms with Crippen LogP contribution in [0.2, 0.25) is 5.02 Å². The normalized spacial score (nSPS) is 11.1. The molecule has 0 aliphatic rings. The number of esters is 1. The summed E-state index contributed by atoms with van der Waals surface area (Å²) in [7, 11) is 0. The Hall–Kier alpha value is -2.71. The second-order valence-corrected chi connectivity index (χ2v) is 7.86. The SMILES string of the molecule is CCOC(=O)Cn1c(=O)c(-c2nc(-c3ccc(Cl)cc3)cs2)cn(C(C)C)c1=O. The van der Waals surface area contributed by atoms with E-state index in [9.17, 15) is 14.4 Å². The van der Waals surface area contributed by atoms with Crippen LogP contribution >= 0.6 is 22.9 Å². The van der Waals surface area contributed by atoms with Crippen LogP contribution in [0.15, 0.2) is 45.4 Å². The monoisotopic (exact) mass is 433 g/mol. The molecule has 2 heterocycles. The fraction of sp³-hybridized carbons (Fsp3) is 0.300. The van der Waals surface area contributed by atoms with Gasteiger partial charge in [-0.25, -0.2) is 14.3 Å². The number of nitrogens with zero attached hydrogens (tertiary/aromatic N) is 3. The van der Waals surface area contributed by atoms with E-state index in [1.807, 2.05) is 31.4 Å². The summed E-state index contributed by atoms with van der Waals surface area (Å²) in [5, 5.41) is 2.92. The quantitative estimate of drug-likeness (QED) is 0.554. The average molecular weight is 434 g/mol. The standard InChI is InChI=1S/C20H20ClN3O4S/c1-4-28-17(25)10-24-19(26)15(9-23(12(2)3)20(24)27)18-22-16(11-29-18)13-5-7-14(21)8-6-13/h5-9,11-12H,4,10H2,1-3H3. The third-order valence-electron chi connectivity index (χ3n) is 4.22. The molecule has 152 valence electrons. The van der Waals surface area contributed by atoms with Gasteiger partial charge in [0, 0.05) is 28.2 Å². The van der Waals surface area contributed by atoms with Gasteiger partial charge in [-0.2, -0.15) is 0 Å². The highest BCUT2D eigenvalue weighted by Crippen LogP contribution is 2.28. The van der Waals surface area contributed by atoms with Crippen molar-refractivity contribution in [3.8, 4) is 21.8 Å². The molecule has 29 heavy (non-hydrogen) atoms. The summed E-state index contributed by atoms with van der Waals surface area (Å²) in [6, 6.07) is 7.01. The number of hydrogen-bond donors (Lipinski definition) is 0. The van der Waals surface area contributed by atoms with Crippen LogP contribution in [0.1, 0.15) is 26.8 Å². The van der Waals surface area contributed by atoms with E-state index >= 15 is 0 Å². The van der Waals surface area contributed by atoms with E-state index in [4.69, 9.17) is 16.3 Å². The maximum Gasteiger partial charge on any atom is 0.331 e. The van der Waals surface area contributed by atoms with Gasteiger partial charge in [0.05, 0.1) is 17.9 Å². The molecule has 0 spiro atoms. The van der Waals surface area contributed by atoms with Gasteiger partial charge in [0.2, 0.25) is 0 Å². The Labute approximate surface area is 176 Å². The fourth-order valence-electron chi connectivity index (χ4n) is 2.76. The van der Waals surface area contributed by atoms with Gasteiger partial charge < -0.3 is 4.74 Å². The van der Waals surface area contributed by atoms with Crippen molar-refractivity contribution in [1.29, 1.82) is 0 Å². The number of carbonyl (C=O) groups excluding carboxylic acids is 1. The molecule has 0 fully saturated rings. The van der Waals surface area contributed by atoms with E-state index in [1.165, 1.54) is 22.1 Å². The third-order valence-corrected chi connectivity index (χ3v) is 5.35. The lowest BCUT2D eigenvalue weighted by Crippen LogP contribution is -2.42. The van der Waals surface area contributed by atoms with Gasteiger partial charge in [0.15, 0.2) is 0 Å². The highest BCUT2D eigenvalue weighted by Gasteiger charge is 2.19. The molecule has 9 heteroatoms. The summed E-state index contributed by atoms with van der Waals surface area (Å²) < 4.78 is 7.22. The lowest BCUT2D eigenvalue weighted by atomic mass is 10.2. The molecule has 0 radical (unpaired) electrons. The number of halogens is 1. The highest BCUT2D eigenvalue weighted by molar-refractivity contribution is 7.13. The largest absolute Gasteiger partial charge is 0.465 e. The zero-order valence-corrected chi connectivity index (χ0v) is 17.8. The van der Waals surface area contributed by atoms with Crippen LogP contribution in [0.25, 0.3) is 21.8 Å². The smallest absolute Gasteiger partial charge is 0.331 e. The summed E-state index contributed by atoms with van der Waals surface area (Å²) in [6.07, 6.45) is 1.50. The van der Waals surface area contributed by atoms with Crippen molar-refractivity contribution >= 4 is 28.9 Å². The first-order valence-corrected chi connectivity index (χ1v) is 10.3. The minimum Gasteiger partial charge on any atom is -0.465 e. The van der Waals surface area contributed by atoms with Crippen molar-refractivity contribution in [3.05, 3.63) is 61.7 Å². The summed E-state index contributed by atoms with van der Waals surface area (Å²) in [6.45, 7) is 5.04. The molecule has 0 bridgehead atoms. The molecule has 3 aromatic rings. The average Bonchev–Trinajstić information content (AvgIpc) is 3.15. The van der Waals surface area contributed by atoms with Crippen molar-refractivity contribution in [3.63, 3.8) is 0 Å². The Kier molecular flexibility index (Phi) is 6.34. The van der Waals surface area contributed by atoms with Crippen LogP contribution in [-0.2, 0) is 16.1 Å². The lowest BCUT2D eigenvalue weighted by molar-refractivity contribution is -0.143. The number of aromatic nitrogens is 3. The van der Waals surface area contributed by atoms with E-state index in [2.05, 4.69) is 4.98 Å². The van der Waals surface area contributed by atoms with Crippen LogP contribution < -0.4 is 11.2 Å². The van der Waals surface area contributed by atoms with Gasteiger partial charge >= 0.3 is 11.7 Å². The lowest BCUT2D eigenvalue weighted by Gasteiger charge is -2.14. The van der Waals surface area contributed by atoms with Crippen molar-refractivity contribution in [2.24, 2.45) is 0 Å². The number of carbonyl (C=O) groups is 1. The van der Waals surface area contributed by atoms with E-state index < -0.39 is 23.8 Å². The Morgan fingerprint density at radius 2 is 1.93 bits per heavy atom. The van der Waals surface area contributed by atoms with E-state index in [0.29, 0.717) is 15.7 Å². The van der Waals surface area contributed by atoms with Gasteiger partial charge in [-0.05, 0) is 32.9 Å². The number of hydrogen-bond acceptors (Lipinski definition) is 6. The number of ether oxygens (including phenoxy) is 1. The molecule has 0 N–H and O–H groups in total. The van der Waals surface area contributed by atoms with Gasteiger partial charge in [-0.15, -0.1) is 11.3 Å². The molecule has 0 atom stereocenters. The maximum absolute atomic E-state index is 13.0. The maximum atomic E-state index is 13.0. The van der Waals surface area contributed by atoms with Gasteiger partial charge in [-0.3, -0.25) is 14.2 Å². The van der Waals surface area contributed by atoms with Crippen molar-refractivity contribution < 1.29 is 9.53 Å². The molecular formula is C20H20ClN3O4S. The van der Waals surface area contributed by atoms with Crippen LogP contribution in [0.5, 0.6) is 0 Å². The molecule has 0 aliphatic heterocycles. The number of benzene rings is 1. The second kappa shape index (κ2) is 8.75. The molecule has 0 saturated heterocycles. The Morgan fingerprint density at radius 1 is 1.24 bits per heavy atom. The summed E-state index contributed by atoms with van der Waals surface area (Å²) in [4.78, 5) is 42.2. The summed E-state index contributed by atoms with van der Waals surface area (Å²) >= 11 is 7.22. The molecule has 7 nitrogen and oxygen atoms in total. The van der Waals surface area contributed by atoms with Gasteiger partial charge in [-0.1, -0.05) is 23.7 Å². The van der Waals surface area contributed by atoms with E-state index in [1.54, 1.807) is 19.1 Å². The van der Waals surface area contributed by atoms with Crippen molar-refractivity contribution in [2.45, 2.75) is 33.4 Å². The van der Waals surface area contributed by atoms with Crippen LogP contribution in [0, 0.1) is 0 Å².